The van der Waals surface area contributed by atoms with Crippen LogP contribution in [0.5, 0.6) is 0 Å². The zero-order chi connectivity index (χ0) is 14.4. The van der Waals surface area contributed by atoms with Crippen molar-refractivity contribution in [3.63, 3.8) is 0 Å². The van der Waals surface area contributed by atoms with Crippen LogP contribution in [-0.4, -0.2) is 42.8 Å². The molecule has 4 nitrogen and oxygen atoms in total. The number of rotatable bonds is 6. The lowest BCUT2D eigenvalue weighted by Crippen LogP contribution is -2.38. The first kappa shape index (κ1) is 15.0. The van der Waals surface area contributed by atoms with Gasteiger partial charge in [0.1, 0.15) is 0 Å². The molecule has 1 saturated heterocycles. The Hall–Kier alpha value is -1.39. The zero-order valence-electron chi connectivity index (χ0n) is 12.0. The number of piperidine rings is 1. The molecule has 1 fully saturated rings. The smallest absolute Gasteiger partial charge is 0.305 e. The second kappa shape index (κ2) is 7.41. The van der Waals surface area contributed by atoms with Gasteiger partial charge in [0.25, 0.3) is 0 Å². The van der Waals surface area contributed by atoms with E-state index in [0.29, 0.717) is 5.92 Å². The summed E-state index contributed by atoms with van der Waals surface area (Å²) in [4.78, 5) is 13.4. The van der Waals surface area contributed by atoms with Crippen molar-refractivity contribution in [3.8, 4) is 0 Å². The molecule has 1 aliphatic heterocycles. The van der Waals surface area contributed by atoms with Crippen LogP contribution in [0, 0.1) is 5.92 Å². The maximum absolute atomic E-state index is 11.1. The minimum atomic E-state index is -0.738. The summed E-state index contributed by atoms with van der Waals surface area (Å²) in [7, 11) is 1.74. The maximum Gasteiger partial charge on any atom is 0.305 e. The monoisotopic (exact) mass is 277 g/mol. The Labute approximate surface area is 120 Å². The lowest BCUT2D eigenvalue weighted by Gasteiger charge is -2.37. The summed E-state index contributed by atoms with van der Waals surface area (Å²) in [5.41, 5.74) is 1.10. The summed E-state index contributed by atoms with van der Waals surface area (Å²) in [5, 5.41) is 9.17. The molecule has 1 heterocycles. The van der Waals surface area contributed by atoms with Crippen molar-refractivity contribution in [3.05, 3.63) is 35.9 Å². The first-order valence-corrected chi connectivity index (χ1v) is 7.20. The van der Waals surface area contributed by atoms with Gasteiger partial charge >= 0.3 is 5.97 Å². The van der Waals surface area contributed by atoms with Crippen molar-refractivity contribution >= 4 is 5.97 Å². The fraction of sp³-hybridized carbons (Fsp3) is 0.562. The van der Waals surface area contributed by atoms with Gasteiger partial charge in [0, 0.05) is 19.8 Å². The Balaban J connectivity index is 2.03. The standard InChI is InChI=1S/C16H23NO3/c1-20-12-13-7-9-17(10-8-13)15(11-16(18)19)14-5-3-2-4-6-14/h2-6,13,15H,7-12H2,1H3,(H,18,19). The van der Waals surface area contributed by atoms with Crippen LogP contribution in [0.3, 0.4) is 0 Å². The van der Waals surface area contributed by atoms with E-state index in [4.69, 9.17) is 9.84 Å². The van der Waals surface area contributed by atoms with Crippen LogP contribution >= 0.6 is 0 Å². The number of aliphatic carboxylic acids is 1. The van der Waals surface area contributed by atoms with Gasteiger partial charge in [-0.2, -0.15) is 0 Å². The maximum atomic E-state index is 11.1. The average Bonchev–Trinajstić information content (AvgIpc) is 2.47. The lowest BCUT2D eigenvalue weighted by molar-refractivity contribution is -0.138. The van der Waals surface area contributed by atoms with Crippen molar-refractivity contribution < 1.29 is 14.6 Å². The number of carbonyl (C=O) groups is 1. The van der Waals surface area contributed by atoms with Crippen molar-refractivity contribution in [2.45, 2.75) is 25.3 Å². The van der Waals surface area contributed by atoms with Gasteiger partial charge in [0.15, 0.2) is 0 Å². The Morgan fingerprint density at radius 2 is 2.00 bits per heavy atom. The van der Waals surface area contributed by atoms with Gasteiger partial charge in [-0.25, -0.2) is 0 Å². The quantitative estimate of drug-likeness (QED) is 0.868. The largest absolute Gasteiger partial charge is 0.481 e. The van der Waals surface area contributed by atoms with E-state index in [1.807, 2.05) is 30.3 Å². The van der Waals surface area contributed by atoms with Crippen molar-refractivity contribution in [2.24, 2.45) is 5.92 Å². The van der Waals surface area contributed by atoms with Gasteiger partial charge in [0.2, 0.25) is 0 Å². The van der Waals surface area contributed by atoms with Crippen LogP contribution < -0.4 is 0 Å². The SMILES string of the molecule is COCC1CCN(C(CC(=O)O)c2ccccc2)CC1. The van der Waals surface area contributed by atoms with E-state index in [2.05, 4.69) is 4.90 Å². The molecule has 0 radical (unpaired) electrons. The number of methoxy groups -OCH3 is 1. The van der Waals surface area contributed by atoms with Crippen LogP contribution in [0.1, 0.15) is 30.9 Å². The molecule has 1 aromatic carbocycles. The first-order chi connectivity index (χ1) is 9.70. The number of nitrogens with zero attached hydrogens (tertiary/aromatic N) is 1. The van der Waals surface area contributed by atoms with E-state index in [-0.39, 0.29) is 12.5 Å². The number of ether oxygens (including phenoxy) is 1. The van der Waals surface area contributed by atoms with Crippen LogP contribution in [0.2, 0.25) is 0 Å². The molecule has 1 N–H and O–H groups in total. The van der Waals surface area contributed by atoms with Gasteiger partial charge in [-0.05, 0) is 37.4 Å². The summed E-state index contributed by atoms with van der Waals surface area (Å²) < 4.78 is 5.21. The topological polar surface area (TPSA) is 49.8 Å². The van der Waals surface area contributed by atoms with Crippen molar-refractivity contribution in [2.75, 3.05) is 26.8 Å². The Morgan fingerprint density at radius 1 is 1.35 bits per heavy atom. The summed E-state index contributed by atoms with van der Waals surface area (Å²) in [6, 6.07) is 9.94. The molecule has 0 bridgehead atoms. The number of carboxylic acid groups (broad SMARTS) is 1. The van der Waals surface area contributed by atoms with Crippen LogP contribution in [0.4, 0.5) is 0 Å². The average molecular weight is 277 g/mol. The molecule has 0 aromatic heterocycles. The second-order valence-electron chi connectivity index (χ2n) is 5.46. The molecular formula is C16H23NO3. The highest BCUT2D eigenvalue weighted by atomic mass is 16.5. The molecule has 2 rings (SSSR count). The highest BCUT2D eigenvalue weighted by Gasteiger charge is 2.27. The normalized spacial score (nSPS) is 18.9. The molecule has 1 aromatic rings. The van der Waals surface area contributed by atoms with Gasteiger partial charge in [0.05, 0.1) is 6.42 Å². The van der Waals surface area contributed by atoms with Crippen molar-refractivity contribution in [1.29, 1.82) is 0 Å². The molecule has 0 aliphatic carbocycles. The van der Waals surface area contributed by atoms with Crippen molar-refractivity contribution in [1.82, 2.24) is 4.90 Å². The predicted octanol–water partition coefficient (Wildman–Crippen LogP) is 2.56. The van der Waals surface area contributed by atoms with Gasteiger partial charge in [-0.15, -0.1) is 0 Å². The fourth-order valence-corrected chi connectivity index (χ4v) is 2.97. The number of hydrogen-bond donors (Lipinski definition) is 1. The highest BCUT2D eigenvalue weighted by Crippen LogP contribution is 2.29. The summed E-state index contributed by atoms with van der Waals surface area (Å²) in [6.45, 7) is 2.70. The molecule has 1 unspecified atom stereocenters. The Morgan fingerprint density at radius 3 is 2.55 bits per heavy atom. The van der Waals surface area contributed by atoms with E-state index in [9.17, 15) is 4.79 Å². The summed E-state index contributed by atoms with van der Waals surface area (Å²) in [5.74, 6) is -0.129. The molecule has 0 spiro atoms. The number of hydrogen-bond acceptors (Lipinski definition) is 3. The number of carboxylic acids is 1. The molecule has 0 amide bonds. The zero-order valence-corrected chi connectivity index (χ0v) is 12.0. The fourth-order valence-electron chi connectivity index (χ4n) is 2.97. The van der Waals surface area contributed by atoms with Crippen LogP contribution in [0.25, 0.3) is 0 Å². The second-order valence-corrected chi connectivity index (χ2v) is 5.46. The minimum absolute atomic E-state index is 0.0165. The van der Waals surface area contributed by atoms with E-state index in [1.54, 1.807) is 7.11 Å². The molecule has 1 atom stereocenters. The molecule has 1 aliphatic rings. The van der Waals surface area contributed by atoms with Gasteiger partial charge < -0.3 is 9.84 Å². The molecule has 4 heteroatoms. The first-order valence-electron chi connectivity index (χ1n) is 7.20. The summed E-state index contributed by atoms with van der Waals surface area (Å²) in [6.07, 6.45) is 2.33. The van der Waals surface area contributed by atoms with Gasteiger partial charge in [-0.3, -0.25) is 9.69 Å². The predicted molar refractivity (Wildman–Crippen MR) is 77.6 cm³/mol. The third kappa shape index (κ3) is 4.05. The third-order valence-corrected chi connectivity index (χ3v) is 4.04. The lowest BCUT2D eigenvalue weighted by atomic mass is 9.93. The molecular weight excluding hydrogens is 254 g/mol. The van der Waals surface area contributed by atoms with Gasteiger partial charge in [-0.1, -0.05) is 30.3 Å². The Kier molecular flexibility index (Phi) is 5.56. The Bertz CT molecular complexity index is 413. The molecule has 20 heavy (non-hydrogen) atoms. The van der Waals surface area contributed by atoms with E-state index in [1.165, 1.54) is 0 Å². The van der Waals surface area contributed by atoms with Crippen LogP contribution in [-0.2, 0) is 9.53 Å². The highest BCUT2D eigenvalue weighted by molar-refractivity contribution is 5.68. The number of benzene rings is 1. The number of likely N-dealkylation sites (tertiary alicyclic amines) is 1. The third-order valence-electron chi connectivity index (χ3n) is 4.04. The molecule has 110 valence electrons. The minimum Gasteiger partial charge on any atom is -0.481 e. The van der Waals surface area contributed by atoms with E-state index < -0.39 is 5.97 Å². The molecule has 0 saturated carbocycles. The van der Waals surface area contributed by atoms with E-state index in [0.717, 1.165) is 38.1 Å². The van der Waals surface area contributed by atoms with Crippen LogP contribution in [0.15, 0.2) is 30.3 Å². The summed E-state index contributed by atoms with van der Waals surface area (Å²) >= 11 is 0. The van der Waals surface area contributed by atoms with E-state index >= 15 is 0 Å².